The lowest BCUT2D eigenvalue weighted by Crippen LogP contribution is -2.25. The Balaban J connectivity index is 1.98. The maximum atomic E-state index is 10.9. The van der Waals surface area contributed by atoms with Crippen LogP contribution < -0.4 is 0 Å². The molecule has 0 aromatic heterocycles. The van der Waals surface area contributed by atoms with Gasteiger partial charge in [0.05, 0.1) is 12.5 Å². The molecule has 2 heterocycles. The van der Waals surface area contributed by atoms with Crippen LogP contribution in [0.15, 0.2) is 0 Å². The fraction of sp³-hybridized carbons (Fsp3) is 0.889. The average molecular weight is 170 g/mol. The maximum Gasteiger partial charge on any atom is 0.306 e. The summed E-state index contributed by atoms with van der Waals surface area (Å²) >= 11 is 0. The van der Waals surface area contributed by atoms with Crippen LogP contribution in [0.4, 0.5) is 0 Å². The average Bonchev–Trinajstić information content (AvgIpc) is 2.58. The van der Waals surface area contributed by atoms with Gasteiger partial charge in [0.15, 0.2) is 0 Å². The molecule has 3 atom stereocenters. The van der Waals surface area contributed by atoms with Crippen molar-refractivity contribution in [2.45, 2.75) is 38.4 Å². The zero-order valence-corrected chi connectivity index (χ0v) is 7.29. The first kappa shape index (κ1) is 8.05. The SMILES string of the molecule is CC1OC(=O)CC1C1CCCO1. The standard InChI is InChI=1S/C9H14O3/c1-6-7(5-9(10)12-6)8-3-2-4-11-8/h6-8H,2-5H2,1H3. The normalized spacial score (nSPS) is 41.8. The van der Waals surface area contributed by atoms with Crippen molar-refractivity contribution in [2.75, 3.05) is 6.61 Å². The molecule has 0 radical (unpaired) electrons. The third kappa shape index (κ3) is 1.33. The summed E-state index contributed by atoms with van der Waals surface area (Å²) in [5.74, 6) is 0.239. The Labute approximate surface area is 72.0 Å². The minimum atomic E-state index is -0.0667. The lowest BCUT2D eigenvalue weighted by Gasteiger charge is -2.18. The van der Waals surface area contributed by atoms with E-state index in [1.165, 1.54) is 0 Å². The van der Waals surface area contributed by atoms with Gasteiger partial charge in [-0.3, -0.25) is 4.79 Å². The fourth-order valence-electron chi connectivity index (χ4n) is 2.08. The van der Waals surface area contributed by atoms with Gasteiger partial charge in [0.2, 0.25) is 0 Å². The molecule has 0 aromatic rings. The summed E-state index contributed by atoms with van der Waals surface area (Å²) in [4.78, 5) is 10.9. The summed E-state index contributed by atoms with van der Waals surface area (Å²) in [5, 5.41) is 0. The van der Waals surface area contributed by atoms with Gasteiger partial charge in [-0.1, -0.05) is 0 Å². The van der Waals surface area contributed by atoms with Crippen molar-refractivity contribution in [3.8, 4) is 0 Å². The second kappa shape index (κ2) is 3.05. The molecule has 0 aliphatic carbocycles. The topological polar surface area (TPSA) is 35.5 Å². The second-order valence-corrected chi connectivity index (χ2v) is 3.61. The molecule has 68 valence electrons. The molecule has 0 spiro atoms. The molecule has 2 aliphatic heterocycles. The molecule has 0 amide bonds. The fourth-order valence-corrected chi connectivity index (χ4v) is 2.08. The molecule has 0 bridgehead atoms. The van der Waals surface area contributed by atoms with Crippen LogP contribution in [0.5, 0.6) is 0 Å². The number of carbonyl (C=O) groups is 1. The smallest absolute Gasteiger partial charge is 0.306 e. The second-order valence-electron chi connectivity index (χ2n) is 3.61. The molecule has 3 nitrogen and oxygen atoms in total. The first-order valence-electron chi connectivity index (χ1n) is 4.58. The van der Waals surface area contributed by atoms with E-state index in [-0.39, 0.29) is 18.2 Å². The van der Waals surface area contributed by atoms with E-state index in [1.54, 1.807) is 0 Å². The number of hydrogen-bond donors (Lipinski definition) is 0. The molecule has 3 heteroatoms. The van der Waals surface area contributed by atoms with Crippen LogP contribution in [0.1, 0.15) is 26.2 Å². The highest BCUT2D eigenvalue weighted by Gasteiger charge is 2.38. The maximum absolute atomic E-state index is 10.9. The molecule has 2 saturated heterocycles. The van der Waals surface area contributed by atoms with E-state index in [0.717, 1.165) is 19.4 Å². The number of rotatable bonds is 1. The van der Waals surface area contributed by atoms with E-state index in [4.69, 9.17) is 9.47 Å². The number of ether oxygens (including phenoxy) is 2. The van der Waals surface area contributed by atoms with Gasteiger partial charge in [0, 0.05) is 12.5 Å². The zero-order chi connectivity index (χ0) is 8.55. The van der Waals surface area contributed by atoms with Gasteiger partial charge < -0.3 is 9.47 Å². The summed E-state index contributed by atoms with van der Waals surface area (Å²) in [5.41, 5.74) is 0. The van der Waals surface area contributed by atoms with Crippen molar-refractivity contribution in [1.82, 2.24) is 0 Å². The molecule has 0 aromatic carbocycles. The summed E-state index contributed by atoms with van der Waals surface area (Å²) in [6.45, 7) is 2.80. The van der Waals surface area contributed by atoms with Crippen LogP contribution in [0, 0.1) is 5.92 Å². The van der Waals surface area contributed by atoms with E-state index in [1.807, 2.05) is 6.92 Å². The molecular weight excluding hydrogens is 156 g/mol. The van der Waals surface area contributed by atoms with Crippen LogP contribution in [0.2, 0.25) is 0 Å². The van der Waals surface area contributed by atoms with Crippen LogP contribution >= 0.6 is 0 Å². The minimum absolute atomic E-state index is 0.0561. The highest BCUT2D eigenvalue weighted by Crippen LogP contribution is 2.31. The largest absolute Gasteiger partial charge is 0.462 e. The van der Waals surface area contributed by atoms with Gasteiger partial charge in [0.25, 0.3) is 0 Å². The Bertz CT molecular complexity index is 184. The van der Waals surface area contributed by atoms with Crippen molar-refractivity contribution in [3.63, 3.8) is 0 Å². The molecule has 0 N–H and O–H groups in total. The first-order valence-corrected chi connectivity index (χ1v) is 4.58. The predicted octanol–water partition coefficient (Wildman–Crippen LogP) is 1.12. The van der Waals surface area contributed by atoms with Crippen molar-refractivity contribution in [1.29, 1.82) is 0 Å². The summed E-state index contributed by atoms with van der Waals surface area (Å²) in [6, 6.07) is 0. The quantitative estimate of drug-likeness (QED) is 0.553. The van der Waals surface area contributed by atoms with E-state index in [0.29, 0.717) is 12.3 Å². The van der Waals surface area contributed by atoms with Gasteiger partial charge in [-0.25, -0.2) is 0 Å². The van der Waals surface area contributed by atoms with E-state index in [9.17, 15) is 4.79 Å². The number of esters is 1. The highest BCUT2D eigenvalue weighted by molar-refractivity contribution is 5.72. The third-order valence-electron chi connectivity index (χ3n) is 2.77. The van der Waals surface area contributed by atoms with Crippen molar-refractivity contribution in [2.24, 2.45) is 5.92 Å². The first-order chi connectivity index (χ1) is 5.77. The Hall–Kier alpha value is -0.570. The highest BCUT2D eigenvalue weighted by atomic mass is 16.6. The van der Waals surface area contributed by atoms with E-state index in [2.05, 4.69) is 0 Å². The molecule has 3 unspecified atom stereocenters. The Morgan fingerprint density at radius 2 is 2.33 bits per heavy atom. The Kier molecular flexibility index (Phi) is 2.05. The van der Waals surface area contributed by atoms with Gasteiger partial charge in [-0.15, -0.1) is 0 Å². The summed E-state index contributed by atoms with van der Waals surface area (Å²) in [7, 11) is 0. The minimum Gasteiger partial charge on any atom is -0.462 e. The lowest BCUT2D eigenvalue weighted by atomic mass is 9.94. The zero-order valence-electron chi connectivity index (χ0n) is 7.29. The lowest BCUT2D eigenvalue weighted by molar-refractivity contribution is -0.141. The van der Waals surface area contributed by atoms with Gasteiger partial charge in [-0.05, 0) is 19.8 Å². The molecule has 2 rings (SSSR count). The molecular formula is C9H14O3. The van der Waals surface area contributed by atoms with Crippen molar-refractivity contribution < 1.29 is 14.3 Å². The van der Waals surface area contributed by atoms with Crippen LogP contribution in [0.25, 0.3) is 0 Å². The van der Waals surface area contributed by atoms with Gasteiger partial charge in [-0.2, -0.15) is 0 Å². The predicted molar refractivity (Wildman–Crippen MR) is 42.6 cm³/mol. The van der Waals surface area contributed by atoms with Crippen molar-refractivity contribution >= 4 is 5.97 Å². The van der Waals surface area contributed by atoms with Gasteiger partial charge >= 0.3 is 5.97 Å². The van der Waals surface area contributed by atoms with Gasteiger partial charge in [0.1, 0.15) is 6.10 Å². The monoisotopic (exact) mass is 170 g/mol. The Morgan fingerprint density at radius 3 is 2.83 bits per heavy atom. The van der Waals surface area contributed by atoms with Crippen LogP contribution in [-0.2, 0) is 14.3 Å². The van der Waals surface area contributed by atoms with Crippen LogP contribution in [-0.4, -0.2) is 24.8 Å². The number of cyclic esters (lactones) is 1. The number of hydrogen-bond acceptors (Lipinski definition) is 3. The summed E-state index contributed by atoms with van der Waals surface area (Å²) < 4.78 is 10.6. The Morgan fingerprint density at radius 1 is 1.50 bits per heavy atom. The van der Waals surface area contributed by atoms with Crippen molar-refractivity contribution in [3.05, 3.63) is 0 Å². The molecule has 2 aliphatic rings. The van der Waals surface area contributed by atoms with E-state index >= 15 is 0 Å². The molecule has 2 fully saturated rings. The van der Waals surface area contributed by atoms with Crippen LogP contribution in [0.3, 0.4) is 0 Å². The molecule has 0 saturated carbocycles. The summed E-state index contributed by atoms with van der Waals surface area (Å²) in [6.07, 6.45) is 3.09. The van der Waals surface area contributed by atoms with E-state index < -0.39 is 0 Å². The molecule has 12 heavy (non-hydrogen) atoms. The third-order valence-corrected chi connectivity index (χ3v) is 2.77. The number of carbonyl (C=O) groups excluding carboxylic acids is 1.